The van der Waals surface area contributed by atoms with Crippen LogP contribution in [0.15, 0.2) is 24.4 Å². The fraction of sp³-hybridized carbons (Fsp3) is 0.333. The maximum absolute atomic E-state index is 11.2. The first-order chi connectivity index (χ1) is 5.75. The highest BCUT2D eigenvalue weighted by Crippen LogP contribution is 2.07. The second kappa shape index (κ2) is 3.85. The van der Waals surface area contributed by atoms with E-state index in [9.17, 15) is 4.79 Å². The molecule has 12 heavy (non-hydrogen) atoms. The van der Waals surface area contributed by atoms with Crippen LogP contribution in [0, 0.1) is 0 Å². The maximum Gasteiger partial charge on any atom is 0.227 e. The standard InChI is InChI=1S/C9H12N2O/c1-3-9(12)11(2)8-6-4-5-7-10-8/h4-7H,3H2,1-2H3. The minimum Gasteiger partial charge on any atom is -0.300 e. The Balaban J connectivity index is 2.78. The van der Waals surface area contributed by atoms with Crippen molar-refractivity contribution >= 4 is 11.7 Å². The molecule has 0 saturated carbocycles. The quantitative estimate of drug-likeness (QED) is 0.663. The zero-order valence-corrected chi connectivity index (χ0v) is 7.32. The number of anilines is 1. The van der Waals surface area contributed by atoms with Crippen molar-refractivity contribution in [1.29, 1.82) is 0 Å². The van der Waals surface area contributed by atoms with E-state index in [1.165, 1.54) is 0 Å². The molecule has 0 aliphatic rings. The summed E-state index contributed by atoms with van der Waals surface area (Å²) in [4.78, 5) is 16.8. The van der Waals surface area contributed by atoms with Crippen LogP contribution >= 0.6 is 0 Å². The molecule has 0 aromatic carbocycles. The Bertz CT molecular complexity index is 258. The topological polar surface area (TPSA) is 33.2 Å². The van der Waals surface area contributed by atoms with Gasteiger partial charge in [-0.05, 0) is 12.1 Å². The van der Waals surface area contributed by atoms with Gasteiger partial charge in [0.2, 0.25) is 5.91 Å². The van der Waals surface area contributed by atoms with Crippen LogP contribution in [0.4, 0.5) is 5.82 Å². The molecule has 0 spiro atoms. The molecule has 0 aliphatic carbocycles. The van der Waals surface area contributed by atoms with E-state index in [0.717, 1.165) is 0 Å². The van der Waals surface area contributed by atoms with Gasteiger partial charge in [-0.3, -0.25) is 9.69 Å². The number of nitrogens with zero attached hydrogens (tertiary/aromatic N) is 2. The molecule has 0 N–H and O–H groups in total. The molecule has 1 aromatic heterocycles. The van der Waals surface area contributed by atoms with Crippen LogP contribution in [-0.4, -0.2) is 17.9 Å². The van der Waals surface area contributed by atoms with Gasteiger partial charge in [0.1, 0.15) is 5.82 Å². The number of amides is 1. The maximum atomic E-state index is 11.2. The first kappa shape index (κ1) is 8.71. The largest absolute Gasteiger partial charge is 0.300 e. The van der Waals surface area contributed by atoms with Crippen molar-refractivity contribution in [2.75, 3.05) is 11.9 Å². The lowest BCUT2D eigenvalue weighted by Gasteiger charge is -2.14. The van der Waals surface area contributed by atoms with Crippen LogP contribution in [-0.2, 0) is 4.79 Å². The van der Waals surface area contributed by atoms with Crippen molar-refractivity contribution in [2.24, 2.45) is 0 Å². The van der Waals surface area contributed by atoms with Crippen LogP contribution in [0.5, 0.6) is 0 Å². The highest BCUT2D eigenvalue weighted by atomic mass is 16.2. The molecule has 0 aliphatic heterocycles. The second-order valence-corrected chi connectivity index (χ2v) is 2.49. The van der Waals surface area contributed by atoms with E-state index in [4.69, 9.17) is 0 Å². The molecule has 0 atom stereocenters. The SMILES string of the molecule is CCC(=O)N(C)c1ccccn1. The summed E-state index contributed by atoms with van der Waals surface area (Å²) in [5.74, 6) is 0.776. The highest BCUT2D eigenvalue weighted by Gasteiger charge is 2.07. The van der Waals surface area contributed by atoms with E-state index < -0.39 is 0 Å². The molecule has 0 radical (unpaired) electrons. The molecule has 0 saturated heterocycles. The van der Waals surface area contributed by atoms with E-state index in [1.807, 2.05) is 25.1 Å². The molecule has 1 rings (SSSR count). The molecule has 1 heterocycles. The zero-order chi connectivity index (χ0) is 8.97. The lowest BCUT2D eigenvalue weighted by Crippen LogP contribution is -2.25. The van der Waals surface area contributed by atoms with Crippen molar-refractivity contribution < 1.29 is 4.79 Å². The van der Waals surface area contributed by atoms with Gasteiger partial charge in [-0.15, -0.1) is 0 Å². The summed E-state index contributed by atoms with van der Waals surface area (Å²) in [7, 11) is 1.73. The molecule has 1 aromatic rings. The Labute approximate surface area is 72.0 Å². The summed E-state index contributed by atoms with van der Waals surface area (Å²) in [5.41, 5.74) is 0. The summed E-state index contributed by atoms with van der Waals surface area (Å²) in [6.45, 7) is 1.84. The van der Waals surface area contributed by atoms with Crippen LogP contribution < -0.4 is 4.90 Å². The number of aromatic nitrogens is 1. The van der Waals surface area contributed by atoms with Gasteiger partial charge in [-0.2, -0.15) is 0 Å². The monoisotopic (exact) mass is 164 g/mol. The fourth-order valence-electron chi connectivity index (χ4n) is 0.917. The molecule has 0 unspecified atom stereocenters. The van der Waals surface area contributed by atoms with Gasteiger partial charge in [-0.25, -0.2) is 4.98 Å². The molecule has 1 amide bonds. The summed E-state index contributed by atoms with van der Waals surface area (Å²) < 4.78 is 0. The number of pyridine rings is 1. The van der Waals surface area contributed by atoms with Crippen molar-refractivity contribution in [3.63, 3.8) is 0 Å². The number of hydrogen-bond acceptors (Lipinski definition) is 2. The van der Waals surface area contributed by atoms with Gasteiger partial charge in [0.25, 0.3) is 0 Å². The number of carbonyl (C=O) groups is 1. The summed E-state index contributed by atoms with van der Waals surface area (Å²) in [6, 6.07) is 5.50. The molecule has 0 fully saturated rings. The predicted molar refractivity (Wildman–Crippen MR) is 47.9 cm³/mol. The van der Waals surface area contributed by atoms with Crippen LogP contribution in [0.1, 0.15) is 13.3 Å². The molecular formula is C9H12N2O. The fourth-order valence-corrected chi connectivity index (χ4v) is 0.917. The lowest BCUT2D eigenvalue weighted by atomic mass is 10.4. The molecule has 3 nitrogen and oxygen atoms in total. The van der Waals surface area contributed by atoms with Gasteiger partial charge >= 0.3 is 0 Å². The minimum atomic E-state index is 0.0775. The van der Waals surface area contributed by atoms with Crippen LogP contribution in [0.2, 0.25) is 0 Å². The van der Waals surface area contributed by atoms with E-state index in [-0.39, 0.29) is 5.91 Å². The second-order valence-electron chi connectivity index (χ2n) is 2.49. The molecular weight excluding hydrogens is 152 g/mol. The van der Waals surface area contributed by atoms with Gasteiger partial charge in [0.15, 0.2) is 0 Å². The lowest BCUT2D eigenvalue weighted by molar-refractivity contribution is -0.118. The molecule has 3 heteroatoms. The number of carbonyl (C=O) groups excluding carboxylic acids is 1. The third-order valence-electron chi connectivity index (χ3n) is 1.67. The highest BCUT2D eigenvalue weighted by molar-refractivity contribution is 5.91. The van der Waals surface area contributed by atoms with Crippen molar-refractivity contribution in [2.45, 2.75) is 13.3 Å². The Morgan fingerprint density at radius 3 is 2.83 bits per heavy atom. The Morgan fingerprint density at radius 1 is 1.58 bits per heavy atom. The average molecular weight is 164 g/mol. The van der Waals surface area contributed by atoms with Crippen LogP contribution in [0.3, 0.4) is 0 Å². The van der Waals surface area contributed by atoms with E-state index in [0.29, 0.717) is 12.2 Å². The van der Waals surface area contributed by atoms with Crippen molar-refractivity contribution in [3.05, 3.63) is 24.4 Å². The first-order valence-corrected chi connectivity index (χ1v) is 3.93. The Kier molecular flexibility index (Phi) is 2.80. The van der Waals surface area contributed by atoms with Crippen molar-refractivity contribution in [1.82, 2.24) is 4.98 Å². The Hall–Kier alpha value is -1.38. The summed E-state index contributed by atoms with van der Waals surface area (Å²) in [6.07, 6.45) is 2.18. The van der Waals surface area contributed by atoms with E-state index in [2.05, 4.69) is 4.98 Å². The molecule has 0 bridgehead atoms. The number of hydrogen-bond donors (Lipinski definition) is 0. The third kappa shape index (κ3) is 1.81. The first-order valence-electron chi connectivity index (χ1n) is 3.93. The van der Waals surface area contributed by atoms with E-state index in [1.54, 1.807) is 18.1 Å². The van der Waals surface area contributed by atoms with Gasteiger partial charge < -0.3 is 0 Å². The number of rotatable bonds is 2. The normalized spacial score (nSPS) is 9.50. The van der Waals surface area contributed by atoms with Crippen LogP contribution in [0.25, 0.3) is 0 Å². The third-order valence-corrected chi connectivity index (χ3v) is 1.67. The average Bonchev–Trinajstić information content (AvgIpc) is 2.17. The zero-order valence-electron chi connectivity index (χ0n) is 7.32. The minimum absolute atomic E-state index is 0.0775. The molecule has 64 valence electrons. The van der Waals surface area contributed by atoms with Gasteiger partial charge in [0, 0.05) is 19.7 Å². The Morgan fingerprint density at radius 2 is 2.33 bits per heavy atom. The van der Waals surface area contributed by atoms with Gasteiger partial charge in [0.05, 0.1) is 0 Å². The predicted octanol–water partition coefficient (Wildman–Crippen LogP) is 1.45. The van der Waals surface area contributed by atoms with E-state index >= 15 is 0 Å². The smallest absolute Gasteiger partial charge is 0.227 e. The van der Waals surface area contributed by atoms with Gasteiger partial charge in [-0.1, -0.05) is 13.0 Å². The summed E-state index contributed by atoms with van der Waals surface area (Å²) >= 11 is 0. The summed E-state index contributed by atoms with van der Waals surface area (Å²) in [5, 5.41) is 0. The van der Waals surface area contributed by atoms with Crippen molar-refractivity contribution in [3.8, 4) is 0 Å².